The zero-order chi connectivity index (χ0) is 12.0. The number of para-hydroxylation sites is 1. The number of phenolic OH excluding ortho intramolecular Hbond substituents is 1. The summed E-state index contributed by atoms with van der Waals surface area (Å²) in [5, 5.41) is 21.9. The van der Waals surface area contributed by atoms with E-state index in [9.17, 15) is 5.11 Å². The molecule has 0 spiro atoms. The van der Waals surface area contributed by atoms with Gasteiger partial charge in [-0.25, -0.2) is 0 Å². The van der Waals surface area contributed by atoms with E-state index in [2.05, 4.69) is 11.4 Å². The average molecular weight is 220 g/mol. The monoisotopic (exact) mass is 220 g/mol. The maximum absolute atomic E-state index is 9.93. The summed E-state index contributed by atoms with van der Waals surface area (Å²) in [6.45, 7) is 4.90. The number of rotatable bonds is 5. The standard InChI is InChI=1S/C12H16N2O2/c1-3-14-10(8-13)9-6-5-7-11(12(9)15)16-4-2/h5-7,10,14-15H,3-4H2,1-2H3. The minimum Gasteiger partial charge on any atom is -0.504 e. The van der Waals surface area contributed by atoms with Crippen LogP contribution in [0.25, 0.3) is 0 Å². The molecule has 1 aromatic carbocycles. The summed E-state index contributed by atoms with van der Waals surface area (Å²) in [6, 6.07) is 6.76. The van der Waals surface area contributed by atoms with Crippen LogP contribution in [0.15, 0.2) is 18.2 Å². The molecule has 0 aliphatic carbocycles. The lowest BCUT2D eigenvalue weighted by atomic mass is 10.1. The number of aromatic hydroxyl groups is 1. The minimum atomic E-state index is -0.509. The van der Waals surface area contributed by atoms with Crippen LogP contribution in [0.4, 0.5) is 0 Å². The van der Waals surface area contributed by atoms with Gasteiger partial charge >= 0.3 is 0 Å². The van der Waals surface area contributed by atoms with E-state index in [1.807, 2.05) is 13.8 Å². The molecule has 1 unspecified atom stereocenters. The Morgan fingerprint density at radius 3 is 2.81 bits per heavy atom. The Morgan fingerprint density at radius 1 is 1.50 bits per heavy atom. The zero-order valence-corrected chi connectivity index (χ0v) is 9.53. The predicted molar refractivity (Wildman–Crippen MR) is 61.3 cm³/mol. The second-order valence-corrected chi connectivity index (χ2v) is 3.25. The molecule has 16 heavy (non-hydrogen) atoms. The van der Waals surface area contributed by atoms with Crippen molar-refractivity contribution in [3.05, 3.63) is 23.8 Å². The van der Waals surface area contributed by atoms with E-state index < -0.39 is 6.04 Å². The molecule has 0 amide bonds. The van der Waals surface area contributed by atoms with Crippen molar-refractivity contribution in [2.45, 2.75) is 19.9 Å². The van der Waals surface area contributed by atoms with Crippen molar-refractivity contribution in [3.8, 4) is 17.6 Å². The van der Waals surface area contributed by atoms with Crippen molar-refractivity contribution in [3.63, 3.8) is 0 Å². The van der Waals surface area contributed by atoms with E-state index in [1.54, 1.807) is 18.2 Å². The number of nitrogens with zero attached hydrogens (tertiary/aromatic N) is 1. The molecule has 1 aromatic rings. The molecule has 0 aliphatic heterocycles. The molecule has 1 atom stereocenters. The highest BCUT2D eigenvalue weighted by atomic mass is 16.5. The lowest BCUT2D eigenvalue weighted by Gasteiger charge is -2.14. The van der Waals surface area contributed by atoms with Gasteiger partial charge in [-0.1, -0.05) is 19.1 Å². The summed E-state index contributed by atoms with van der Waals surface area (Å²) < 4.78 is 5.26. The Bertz CT molecular complexity index is 385. The van der Waals surface area contributed by atoms with E-state index in [-0.39, 0.29) is 5.75 Å². The van der Waals surface area contributed by atoms with E-state index >= 15 is 0 Å². The molecule has 0 radical (unpaired) electrons. The smallest absolute Gasteiger partial charge is 0.163 e. The summed E-state index contributed by atoms with van der Waals surface area (Å²) in [5.74, 6) is 0.454. The van der Waals surface area contributed by atoms with Crippen LogP contribution in [0.5, 0.6) is 11.5 Å². The highest BCUT2D eigenvalue weighted by Crippen LogP contribution is 2.33. The van der Waals surface area contributed by atoms with Gasteiger partial charge in [-0.15, -0.1) is 0 Å². The van der Waals surface area contributed by atoms with Crippen molar-refractivity contribution < 1.29 is 9.84 Å². The van der Waals surface area contributed by atoms with Crippen molar-refractivity contribution in [2.75, 3.05) is 13.2 Å². The van der Waals surface area contributed by atoms with Gasteiger partial charge in [0.2, 0.25) is 0 Å². The van der Waals surface area contributed by atoms with Crippen molar-refractivity contribution in [1.29, 1.82) is 5.26 Å². The number of ether oxygens (including phenoxy) is 1. The lowest BCUT2D eigenvalue weighted by molar-refractivity contribution is 0.316. The molecule has 4 nitrogen and oxygen atoms in total. The van der Waals surface area contributed by atoms with Gasteiger partial charge < -0.3 is 9.84 Å². The highest BCUT2D eigenvalue weighted by molar-refractivity contribution is 5.48. The van der Waals surface area contributed by atoms with Gasteiger partial charge in [0.05, 0.1) is 12.7 Å². The molecule has 2 N–H and O–H groups in total. The number of hydrogen-bond acceptors (Lipinski definition) is 4. The molecule has 1 rings (SSSR count). The molecular formula is C12H16N2O2. The molecule has 0 aliphatic rings. The average Bonchev–Trinajstić information content (AvgIpc) is 2.30. The van der Waals surface area contributed by atoms with Crippen LogP contribution in [0.3, 0.4) is 0 Å². The van der Waals surface area contributed by atoms with Crippen LogP contribution < -0.4 is 10.1 Å². The third-order valence-electron chi connectivity index (χ3n) is 2.18. The molecule has 0 heterocycles. The molecule has 4 heteroatoms. The molecular weight excluding hydrogens is 204 g/mol. The van der Waals surface area contributed by atoms with Crippen molar-refractivity contribution in [1.82, 2.24) is 5.32 Å². The fourth-order valence-corrected chi connectivity index (χ4v) is 1.47. The van der Waals surface area contributed by atoms with Gasteiger partial charge in [0.1, 0.15) is 6.04 Å². The Labute approximate surface area is 95.5 Å². The van der Waals surface area contributed by atoms with Crippen LogP contribution in [0.2, 0.25) is 0 Å². The maximum atomic E-state index is 9.93. The van der Waals surface area contributed by atoms with Crippen LogP contribution in [-0.4, -0.2) is 18.3 Å². The summed E-state index contributed by atoms with van der Waals surface area (Å²) in [7, 11) is 0. The first-order chi connectivity index (χ1) is 7.74. The van der Waals surface area contributed by atoms with Gasteiger partial charge in [-0.2, -0.15) is 5.26 Å². The molecule has 86 valence electrons. The summed E-state index contributed by atoms with van der Waals surface area (Å²) >= 11 is 0. The fraction of sp³-hybridized carbons (Fsp3) is 0.417. The second kappa shape index (κ2) is 5.99. The van der Waals surface area contributed by atoms with Crippen LogP contribution in [-0.2, 0) is 0 Å². The number of nitriles is 1. The summed E-state index contributed by atoms with van der Waals surface area (Å²) in [6.07, 6.45) is 0. The van der Waals surface area contributed by atoms with Gasteiger partial charge in [0.15, 0.2) is 11.5 Å². The number of benzene rings is 1. The van der Waals surface area contributed by atoms with Gasteiger partial charge in [-0.05, 0) is 19.5 Å². The minimum absolute atomic E-state index is 0.0388. The lowest BCUT2D eigenvalue weighted by Crippen LogP contribution is -2.19. The normalized spacial score (nSPS) is 11.8. The molecule has 0 aromatic heterocycles. The number of nitrogens with one attached hydrogen (secondary N) is 1. The Balaban J connectivity index is 3.04. The summed E-state index contributed by atoms with van der Waals surface area (Å²) in [4.78, 5) is 0. The highest BCUT2D eigenvalue weighted by Gasteiger charge is 2.16. The first-order valence-electron chi connectivity index (χ1n) is 5.32. The van der Waals surface area contributed by atoms with Gasteiger partial charge in [0.25, 0.3) is 0 Å². The van der Waals surface area contributed by atoms with Crippen LogP contribution >= 0.6 is 0 Å². The van der Waals surface area contributed by atoms with E-state index in [4.69, 9.17) is 10.00 Å². The van der Waals surface area contributed by atoms with E-state index in [0.29, 0.717) is 24.5 Å². The van der Waals surface area contributed by atoms with Crippen molar-refractivity contribution >= 4 is 0 Å². The van der Waals surface area contributed by atoms with Gasteiger partial charge in [0, 0.05) is 5.56 Å². The largest absolute Gasteiger partial charge is 0.504 e. The first-order valence-corrected chi connectivity index (χ1v) is 5.32. The topological polar surface area (TPSA) is 65.3 Å². The van der Waals surface area contributed by atoms with Crippen LogP contribution in [0.1, 0.15) is 25.5 Å². The third-order valence-corrected chi connectivity index (χ3v) is 2.18. The molecule has 0 fully saturated rings. The molecule has 0 saturated heterocycles. The second-order valence-electron chi connectivity index (χ2n) is 3.25. The van der Waals surface area contributed by atoms with E-state index in [1.165, 1.54) is 0 Å². The van der Waals surface area contributed by atoms with Crippen LogP contribution in [0, 0.1) is 11.3 Å². The Kier molecular flexibility index (Phi) is 4.62. The number of phenols is 1. The SMILES string of the molecule is CCNC(C#N)c1cccc(OCC)c1O. The van der Waals surface area contributed by atoms with Crippen molar-refractivity contribution in [2.24, 2.45) is 0 Å². The summed E-state index contributed by atoms with van der Waals surface area (Å²) in [5.41, 5.74) is 0.551. The Morgan fingerprint density at radius 2 is 2.25 bits per heavy atom. The quantitative estimate of drug-likeness (QED) is 0.796. The zero-order valence-electron chi connectivity index (χ0n) is 9.53. The fourth-order valence-electron chi connectivity index (χ4n) is 1.47. The predicted octanol–water partition coefficient (Wildman–Crippen LogP) is 1.97. The number of hydrogen-bond donors (Lipinski definition) is 2. The van der Waals surface area contributed by atoms with Gasteiger partial charge in [-0.3, -0.25) is 5.32 Å². The third kappa shape index (κ3) is 2.65. The first kappa shape index (κ1) is 12.3. The Hall–Kier alpha value is -1.73. The maximum Gasteiger partial charge on any atom is 0.163 e. The molecule has 0 saturated carbocycles. The molecule has 0 bridgehead atoms. The van der Waals surface area contributed by atoms with E-state index in [0.717, 1.165) is 0 Å².